The smallest absolute Gasteiger partial charge is 0.341 e. The van der Waals surface area contributed by atoms with E-state index in [1.807, 2.05) is 30.1 Å². The van der Waals surface area contributed by atoms with Crippen LogP contribution >= 0.6 is 0 Å². The first-order valence-electron chi connectivity index (χ1n) is 12.6. The molecule has 6 heteroatoms. The molecule has 188 valence electrons. The van der Waals surface area contributed by atoms with Crippen molar-refractivity contribution in [1.82, 2.24) is 9.80 Å². The molecule has 2 heterocycles. The lowest BCUT2D eigenvalue weighted by Crippen LogP contribution is -2.43. The molecule has 0 radical (unpaired) electrons. The van der Waals surface area contributed by atoms with E-state index in [0.717, 1.165) is 44.3 Å². The number of piperidine rings is 1. The molecule has 1 N–H and O–H groups in total. The number of likely N-dealkylation sites (tertiary alicyclic amines) is 2. The first kappa shape index (κ1) is 25.2. The van der Waals surface area contributed by atoms with Crippen molar-refractivity contribution < 1.29 is 19.4 Å². The van der Waals surface area contributed by atoms with Gasteiger partial charge in [0, 0.05) is 25.2 Å². The number of nitrogens with zero attached hydrogens (tertiary/aromatic N) is 2. The van der Waals surface area contributed by atoms with Gasteiger partial charge in [-0.1, -0.05) is 63.2 Å². The summed E-state index contributed by atoms with van der Waals surface area (Å²) in [7, 11) is 1.96. The van der Waals surface area contributed by atoms with Gasteiger partial charge in [-0.15, -0.1) is 0 Å². The Labute approximate surface area is 208 Å². The standard InChI is InChI=1S/C29H38N2O4/c1-28(2,3)23-10-11-25(35-20-26(32)33)22(17-23)19-31-14-12-29(13-15-31)18-24(30(4)27(29)34)16-21-8-6-5-7-9-21/h5-11,17,24H,12-16,18-20H2,1-4H3,(H,32,33)/t24-/m1/s1. The molecule has 2 aliphatic heterocycles. The number of hydrogen-bond acceptors (Lipinski definition) is 4. The number of likely N-dealkylation sites (N-methyl/N-ethyl adjacent to an activating group) is 1. The second-order valence-electron chi connectivity index (χ2n) is 11.3. The lowest BCUT2D eigenvalue weighted by Gasteiger charge is -2.38. The van der Waals surface area contributed by atoms with Gasteiger partial charge in [0.15, 0.2) is 6.61 Å². The van der Waals surface area contributed by atoms with Crippen LogP contribution in [0.25, 0.3) is 0 Å². The van der Waals surface area contributed by atoms with E-state index < -0.39 is 5.97 Å². The number of rotatable bonds is 7. The summed E-state index contributed by atoms with van der Waals surface area (Å²) in [4.78, 5) is 28.8. The number of carboxylic acids is 1. The van der Waals surface area contributed by atoms with E-state index in [2.05, 4.69) is 56.0 Å². The van der Waals surface area contributed by atoms with E-state index in [4.69, 9.17) is 9.84 Å². The molecule has 1 spiro atoms. The van der Waals surface area contributed by atoms with Crippen LogP contribution in [0, 0.1) is 5.41 Å². The lowest BCUT2D eigenvalue weighted by atomic mass is 9.75. The number of carboxylic acid groups (broad SMARTS) is 1. The van der Waals surface area contributed by atoms with Crippen LogP contribution < -0.4 is 4.74 Å². The maximum absolute atomic E-state index is 13.3. The third-order valence-electron chi connectivity index (χ3n) is 7.75. The maximum atomic E-state index is 13.3. The zero-order valence-corrected chi connectivity index (χ0v) is 21.4. The summed E-state index contributed by atoms with van der Waals surface area (Å²) in [5.41, 5.74) is 3.20. The highest BCUT2D eigenvalue weighted by atomic mass is 16.5. The molecular weight excluding hydrogens is 440 g/mol. The van der Waals surface area contributed by atoms with Crippen LogP contribution in [0.1, 0.15) is 56.7 Å². The molecule has 2 fully saturated rings. The molecule has 0 aliphatic carbocycles. The summed E-state index contributed by atoms with van der Waals surface area (Å²) in [6.45, 7) is 8.53. The predicted octanol–water partition coefficient (Wildman–Crippen LogP) is 4.50. The van der Waals surface area contributed by atoms with Crippen molar-refractivity contribution in [3.8, 4) is 5.75 Å². The van der Waals surface area contributed by atoms with E-state index in [1.54, 1.807) is 0 Å². The van der Waals surface area contributed by atoms with Crippen LogP contribution in [0.4, 0.5) is 0 Å². The Balaban J connectivity index is 1.44. The van der Waals surface area contributed by atoms with E-state index >= 15 is 0 Å². The predicted molar refractivity (Wildman–Crippen MR) is 137 cm³/mol. The highest BCUT2D eigenvalue weighted by Crippen LogP contribution is 2.45. The van der Waals surface area contributed by atoms with Gasteiger partial charge in [-0.05, 0) is 61.4 Å². The second kappa shape index (κ2) is 10.0. The Morgan fingerprint density at radius 3 is 2.43 bits per heavy atom. The van der Waals surface area contributed by atoms with Crippen LogP contribution in [0.3, 0.4) is 0 Å². The van der Waals surface area contributed by atoms with Crippen molar-refractivity contribution in [2.24, 2.45) is 5.41 Å². The number of amides is 1. The quantitative estimate of drug-likeness (QED) is 0.634. The summed E-state index contributed by atoms with van der Waals surface area (Å²) in [5.74, 6) is -0.0664. The summed E-state index contributed by atoms with van der Waals surface area (Å²) in [5, 5.41) is 9.08. The molecule has 35 heavy (non-hydrogen) atoms. The molecule has 0 aromatic heterocycles. The highest BCUT2D eigenvalue weighted by molar-refractivity contribution is 5.85. The van der Waals surface area contributed by atoms with Crippen LogP contribution in [-0.2, 0) is 28.0 Å². The molecule has 0 unspecified atom stereocenters. The summed E-state index contributed by atoms with van der Waals surface area (Å²) in [6.07, 6.45) is 3.52. The van der Waals surface area contributed by atoms with Gasteiger partial charge in [-0.25, -0.2) is 4.79 Å². The monoisotopic (exact) mass is 478 g/mol. The van der Waals surface area contributed by atoms with Crippen LogP contribution in [0.2, 0.25) is 0 Å². The van der Waals surface area contributed by atoms with Gasteiger partial charge in [-0.3, -0.25) is 9.69 Å². The van der Waals surface area contributed by atoms with E-state index in [9.17, 15) is 9.59 Å². The molecular formula is C29H38N2O4. The Morgan fingerprint density at radius 2 is 1.80 bits per heavy atom. The van der Waals surface area contributed by atoms with Crippen molar-refractivity contribution in [3.05, 3.63) is 65.2 Å². The molecule has 1 atom stereocenters. The largest absolute Gasteiger partial charge is 0.482 e. The fourth-order valence-electron chi connectivity index (χ4n) is 5.56. The van der Waals surface area contributed by atoms with E-state index in [1.165, 1.54) is 11.1 Å². The molecule has 1 amide bonds. The van der Waals surface area contributed by atoms with Crippen molar-refractivity contribution in [3.63, 3.8) is 0 Å². The highest BCUT2D eigenvalue weighted by Gasteiger charge is 2.51. The zero-order chi connectivity index (χ0) is 25.2. The molecule has 0 bridgehead atoms. The Morgan fingerprint density at radius 1 is 1.11 bits per heavy atom. The molecule has 2 aromatic carbocycles. The zero-order valence-electron chi connectivity index (χ0n) is 21.4. The number of benzene rings is 2. The number of hydrogen-bond donors (Lipinski definition) is 1. The fraction of sp³-hybridized carbons (Fsp3) is 0.517. The second-order valence-corrected chi connectivity index (χ2v) is 11.3. The van der Waals surface area contributed by atoms with Gasteiger partial charge < -0.3 is 14.7 Å². The minimum absolute atomic E-state index is 0.0132. The number of carbonyl (C=O) groups excluding carboxylic acids is 1. The summed E-state index contributed by atoms with van der Waals surface area (Å²) in [6, 6.07) is 16.7. The summed E-state index contributed by atoms with van der Waals surface area (Å²) >= 11 is 0. The van der Waals surface area contributed by atoms with Crippen LogP contribution in [0.15, 0.2) is 48.5 Å². The lowest BCUT2D eigenvalue weighted by molar-refractivity contribution is -0.139. The Kier molecular flexibility index (Phi) is 7.22. The number of carbonyl (C=O) groups is 2. The van der Waals surface area contributed by atoms with Gasteiger partial charge in [0.25, 0.3) is 0 Å². The van der Waals surface area contributed by atoms with Gasteiger partial charge in [-0.2, -0.15) is 0 Å². The normalized spacial score (nSPS) is 20.4. The van der Waals surface area contributed by atoms with Crippen LogP contribution in [0.5, 0.6) is 5.75 Å². The first-order chi connectivity index (χ1) is 16.6. The summed E-state index contributed by atoms with van der Waals surface area (Å²) < 4.78 is 5.62. The van der Waals surface area contributed by atoms with Gasteiger partial charge in [0.2, 0.25) is 5.91 Å². The third-order valence-corrected chi connectivity index (χ3v) is 7.75. The SMILES string of the molecule is CN1C(=O)C2(CCN(Cc3cc(C(C)(C)C)ccc3OCC(=O)O)CC2)C[C@H]1Cc1ccccc1. The minimum Gasteiger partial charge on any atom is -0.482 e. The van der Waals surface area contributed by atoms with E-state index in [0.29, 0.717) is 18.2 Å². The topological polar surface area (TPSA) is 70.1 Å². The minimum atomic E-state index is -0.982. The fourth-order valence-corrected chi connectivity index (χ4v) is 5.56. The molecule has 2 aromatic rings. The number of ether oxygens (including phenoxy) is 1. The molecule has 2 aliphatic rings. The molecule has 4 rings (SSSR count). The van der Waals surface area contributed by atoms with E-state index in [-0.39, 0.29) is 23.5 Å². The number of aliphatic carboxylic acids is 1. The Hall–Kier alpha value is -2.86. The average molecular weight is 479 g/mol. The van der Waals surface area contributed by atoms with Crippen LogP contribution in [-0.4, -0.2) is 59.6 Å². The third kappa shape index (κ3) is 5.69. The molecule has 6 nitrogen and oxygen atoms in total. The molecule has 0 saturated carbocycles. The van der Waals surface area contributed by atoms with Gasteiger partial charge in [0.05, 0.1) is 5.41 Å². The average Bonchev–Trinajstić information content (AvgIpc) is 3.04. The molecule has 2 saturated heterocycles. The van der Waals surface area contributed by atoms with Crippen molar-refractivity contribution >= 4 is 11.9 Å². The van der Waals surface area contributed by atoms with Gasteiger partial charge >= 0.3 is 5.97 Å². The van der Waals surface area contributed by atoms with Crippen molar-refractivity contribution in [1.29, 1.82) is 0 Å². The Bertz CT molecular complexity index is 1050. The van der Waals surface area contributed by atoms with Crippen molar-refractivity contribution in [2.75, 3.05) is 26.7 Å². The van der Waals surface area contributed by atoms with Crippen molar-refractivity contribution in [2.45, 2.75) is 64.5 Å². The van der Waals surface area contributed by atoms with Gasteiger partial charge in [0.1, 0.15) is 5.75 Å². The first-order valence-corrected chi connectivity index (χ1v) is 12.6. The maximum Gasteiger partial charge on any atom is 0.341 e.